The number of benzene rings is 1. The molecule has 1 heterocycles. The molecule has 6 nitrogen and oxygen atoms in total. The summed E-state index contributed by atoms with van der Waals surface area (Å²) in [7, 11) is 3.43. The number of anilines is 1. The fourth-order valence-corrected chi connectivity index (χ4v) is 2.18. The molecule has 21 heavy (non-hydrogen) atoms. The first-order chi connectivity index (χ1) is 9.99. The minimum absolute atomic E-state index is 0.0507. The van der Waals surface area contributed by atoms with Crippen molar-refractivity contribution in [1.29, 1.82) is 0 Å². The largest absolute Gasteiger partial charge is 0.366 e. The Bertz CT molecular complexity index is 537. The van der Waals surface area contributed by atoms with Gasteiger partial charge in [-0.25, -0.2) is 0 Å². The monoisotopic (exact) mass is 291 g/mol. The van der Waals surface area contributed by atoms with Crippen LogP contribution in [-0.4, -0.2) is 56.6 Å². The molecule has 114 valence electrons. The zero-order chi connectivity index (χ0) is 15.4. The third-order valence-corrected chi connectivity index (χ3v) is 3.35. The number of carbonyl (C=O) groups excluding carboxylic acids is 2. The number of aryl methyl sites for hydroxylation is 1. The predicted octanol–water partition coefficient (Wildman–Crippen LogP) is 0.624. The van der Waals surface area contributed by atoms with Gasteiger partial charge in [0.2, 0.25) is 0 Å². The van der Waals surface area contributed by atoms with Crippen molar-refractivity contribution in [2.24, 2.45) is 0 Å². The summed E-state index contributed by atoms with van der Waals surface area (Å²) in [6.07, 6.45) is -0.470. The van der Waals surface area contributed by atoms with Crippen molar-refractivity contribution in [3.63, 3.8) is 0 Å². The Labute approximate surface area is 124 Å². The van der Waals surface area contributed by atoms with Crippen LogP contribution in [0.3, 0.4) is 0 Å². The number of rotatable bonds is 3. The van der Waals surface area contributed by atoms with Gasteiger partial charge in [0, 0.05) is 38.4 Å². The van der Waals surface area contributed by atoms with E-state index in [2.05, 4.69) is 10.6 Å². The number of nitrogens with one attached hydrogen (secondary N) is 2. The van der Waals surface area contributed by atoms with Crippen molar-refractivity contribution in [3.05, 3.63) is 29.3 Å². The van der Waals surface area contributed by atoms with E-state index in [0.717, 1.165) is 12.1 Å². The van der Waals surface area contributed by atoms with Gasteiger partial charge in [-0.15, -0.1) is 0 Å². The number of ether oxygens (including phenoxy) is 1. The molecule has 1 aliphatic heterocycles. The Kier molecular flexibility index (Phi) is 4.93. The van der Waals surface area contributed by atoms with Crippen LogP contribution in [0, 0.1) is 6.92 Å². The van der Waals surface area contributed by atoms with Crippen LogP contribution in [0.1, 0.15) is 15.9 Å². The van der Waals surface area contributed by atoms with E-state index in [-0.39, 0.29) is 11.8 Å². The highest BCUT2D eigenvalue weighted by atomic mass is 16.5. The molecule has 6 heteroatoms. The maximum Gasteiger partial charge on any atom is 0.254 e. The SMILES string of the molecule is Cc1cc(NC(=O)C2CNCCO2)ccc1C(=O)N(C)C. The molecule has 1 aromatic carbocycles. The normalized spacial score (nSPS) is 18.1. The number of hydrogen-bond donors (Lipinski definition) is 2. The topological polar surface area (TPSA) is 70.7 Å². The van der Waals surface area contributed by atoms with Crippen molar-refractivity contribution in [1.82, 2.24) is 10.2 Å². The van der Waals surface area contributed by atoms with Gasteiger partial charge in [-0.05, 0) is 30.7 Å². The summed E-state index contributed by atoms with van der Waals surface area (Å²) in [5.74, 6) is -0.224. The third-order valence-electron chi connectivity index (χ3n) is 3.35. The van der Waals surface area contributed by atoms with Gasteiger partial charge >= 0.3 is 0 Å². The van der Waals surface area contributed by atoms with Crippen molar-refractivity contribution >= 4 is 17.5 Å². The summed E-state index contributed by atoms with van der Waals surface area (Å²) >= 11 is 0. The Morgan fingerprint density at radius 2 is 2.14 bits per heavy atom. The quantitative estimate of drug-likeness (QED) is 0.856. The molecule has 0 saturated carbocycles. The fourth-order valence-electron chi connectivity index (χ4n) is 2.18. The molecule has 0 aromatic heterocycles. The predicted molar refractivity (Wildman–Crippen MR) is 80.4 cm³/mol. The summed E-state index contributed by atoms with van der Waals surface area (Å²) in [4.78, 5) is 25.5. The number of nitrogens with zero attached hydrogens (tertiary/aromatic N) is 1. The molecule has 0 bridgehead atoms. The molecular formula is C15H21N3O3. The second kappa shape index (κ2) is 6.69. The third kappa shape index (κ3) is 3.80. The summed E-state index contributed by atoms with van der Waals surface area (Å²) in [6, 6.07) is 5.26. The average Bonchev–Trinajstić information content (AvgIpc) is 2.47. The molecule has 0 radical (unpaired) electrons. The average molecular weight is 291 g/mol. The summed E-state index contributed by atoms with van der Waals surface area (Å²) in [6.45, 7) is 3.67. The molecule has 1 atom stereocenters. The molecule has 2 amide bonds. The maximum absolute atomic E-state index is 12.1. The van der Waals surface area contributed by atoms with Crippen molar-refractivity contribution in [3.8, 4) is 0 Å². The molecule has 1 aliphatic rings. The highest BCUT2D eigenvalue weighted by molar-refractivity contribution is 5.98. The second-order valence-corrected chi connectivity index (χ2v) is 5.28. The van der Waals surface area contributed by atoms with Gasteiger partial charge in [0.25, 0.3) is 11.8 Å². The lowest BCUT2D eigenvalue weighted by Crippen LogP contribution is -2.45. The molecule has 2 N–H and O–H groups in total. The lowest BCUT2D eigenvalue weighted by atomic mass is 10.1. The van der Waals surface area contributed by atoms with Crippen LogP contribution < -0.4 is 10.6 Å². The van der Waals surface area contributed by atoms with E-state index in [1.165, 1.54) is 4.90 Å². The van der Waals surface area contributed by atoms with E-state index in [1.807, 2.05) is 6.92 Å². The van der Waals surface area contributed by atoms with Gasteiger partial charge in [0.15, 0.2) is 0 Å². The van der Waals surface area contributed by atoms with Crippen LogP contribution in [0.2, 0.25) is 0 Å². The molecule has 0 aliphatic carbocycles. The van der Waals surface area contributed by atoms with Crippen LogP contribution in [-0.2, 0) is 9.53 Å². The minimum Gasteiger partial charge on any atom is -0.366 e. The van der Waals surface area contributed by atoms with E-state index in [9.17, 15) is 9.59 Å². The summed E-state index contributed by atoms with van der Waals surface area (Å²) in [5, 5.41) is 5.93. The van der Waals surface area contributed by atoms with Crippen LogP contribution in [0.5, 0.6) is 0 Å². The standard InChI is InChI=1S/C15H21N3O3/c1-10-8-11(4-5-12(10)15(20)18(2)3)17-14(19)13-9-16-6-7-21-13/h4-5,8,13,16H,6-7,9H2,1-3H3,(H,17,19). The number of morpholine rings is 1. The number of hydrogen-bond acceptors (Lipinski definition) is 4. The number of amides is 2. The number of carbonyl (C=O) groups is 2. The van der Waals surface area contributed by atoms with E-state index in [4.69, 9.17) is 4.74 Å². The van der Waals surface area contributed by atoms with E-state index in [1.54, 1.807) is 32.3 Å². The zero-order valence-electron chi connectivity index (χ0n) is 12.6. The lowest BCUT2D eigenvalue weighted by Gasteiger charge is -2.23. The van der Waals surface area contributed by atoms with Crippen LogP contribution >= 0.6 is 0 Å². The van der Waals surface area contributed by atoms with E-state index in [0.29, 0.717) is 24.4 Å². The first kappa shape index (κ1) is 15.5. The molecule has 2 rings (SSSR count). The molecule has 1 aromatic rings. The summed E-state index contributed by atoms with van der Waals surface area (Å²) < 4.78 is 5.40. The smallest absolute Gasteiger partial charge is 0.254 e. The van der Waals surface area contributed by atoms with E-state index >= 15 is 0 Å². The molecular weight excluding hydrogens is 270 g/mol. The zero-order valence-corrected chi connectivity index (χ0v) is 12.6. The Morgan fingerprint density at radius 1 is 1.38 bits per heavy atom. The fraction of sp³-hybridized carbons (Fsp3) is 0.467. The van der Waals surface area contributed by atoms with Crippen LogP contribution in [0.4, 0.5) is 5.69 Å². The van der Waals surface area contributed by atoms with Crippen molar-refractivity contribution in [2.45, 2.75) is 13.0 Å². The Balaban J connectivity index is 2.06. The first-order valence-electron chi connectivity index (χ1n) is 6.94. The molecule has 0 spiro atoms. The van der Waals surface area contributed by atoms with Crippen LogP contribution in [0.25, 0.3) is 0 Å². The molecule has 1 fully saturated rings. The maximum atomic E-state index is 12.1. The summed E-state index contributed by atoms with van der Waals surface area (Å²) in [5.41, 5.74) is 2.13. The molecule has 1 saturated heterocycles. The van der Waals surface area contributed by atoms with Gasteiger partial charge in [0.05, 0.1) is 6.61 Å². The van der Waals surface area contributed by atoms with Gasteiger partial charge in [-0.3, -0.25) is 9.59 Å². The van der Waals surface area contributed by atoms with Gasteiger partial charge < -0.3 is 20.3 Å². The Hall–Kier alpha value is -1.92. The second-order valence-electron chi connectivity index (χ2n) is 5.28. The van der Waals surface area contributed by atoms with Gasteiger partial charge in [-0.2, -0.15) is 0 Å². The van der Waals surface area contributed by atoms with Gasteiger partial charge in [0.1, 0.15) is 6.10 Å². The van der Waals surface area contributed by atoms with Crippen molar-refractivity contribution < 1.29 is 14.3 Å². The highest BCUT2D eigenvalue weighted by Crippen LogP contribution is 2.17. The highest BCUT2D eigenvalue weighted by Gasteiger charge is 2.22. The Morgan fingerprint density at radius 3 is 2.71 bits per heavy atom. The minimum atomic E-state index is -0.470. The van der Waals surface area contributed by atoms with Crippen LogP contribution in [0.15, 0.2) is 18.2 Å². The molecule has 1 unspecified atom stereocenters. The first-order valence-corrected chi connectivity index (χ1v) is 6.94. The van der Waals surface area contributed by atoms with Gasteiger partial charge in [-0.1, -0.05) is 0 Å². The van der Waals surface area contributed by atoms with E-state index < -0.39 is 6.10 Å². The lowest BCUT2D eigenvalue weighted by molar-refractivity contribution is -0.128. The van der Waals surface area contributed by atoms with Crippen molar-refractivity contribution in [2.75, 3.05) is 39.1 Å².